The molecule has 0 heterocycles. The van der Waals surface area contributed by atoms with E-state index in [0.717, 1.165) is 16.7 Å². The normalized spacial score (nSPS) is 12.2. The fourth-order valence-electron chi connectivity index (χ4n) is 4.00. The summed E-state index contributed by atoms with van der Waals surface area (Å²) >= 11 is 0. The number of urea groups is 1. The van der Waals surface area contributed by atoms with Gasteiger partial charge in [-0.3, -0.25) is 4.79 Å². The maximum absolute atomic E-state index is 13.0. The maximum atomic E-state index is 13.0. The lowest BCUT2D eigenvalue weighted by Crippen LogP contribution is -2.42. The van der Waals surface area contributed by atoms with Crippen LogP contribution in [-0.4, -0.2) is 31.6 Å². The number of aryl methyl sites for hydroxylation is 3. The Kier molecular flexibility index (Phi) is 7.38. The first-order valence-electron chi connectivity index (χ1n) is 10.5. The lowest BCUT2D eigenvalue weighted by Gasteiger charge is -2.18. The van der Waals surface area contributed by atoms with Gasteiger partial charge in [0, 0.05) is 5.69 Å². The van der Waals surface area contributed by atoms with E-state index in [-0.39, 0.29) is 11.3 Å². The number of hydrogen-bond acceptors (Lipinski definition) is 4. The number of carboxylic acid groups (broad SMARTS) is 1. The number of benzene rings is 3. The smallest absolute Gasteiger partial charge is 0.322 e. The molecule has 3 rings (SSSR count). The Labute approximate surface area is 198 Å². The second kappa shape index (κ2) is 10.1. The number of amides is 2. The van der Waals surface area contributed by atoms with Crippen molar-refractivity contribution in [2.45, 2.75) is 38.1 Å². The predicted octanol–water partition coefficient (Wildman–Crippen LogP) is 3.74. The SMILES string of the molecule is Cc1cc(C)c(S(=O)(=O)N[C@@H](Cc2ccc(-c3cccc(NC(N)=O)c3)cc2)C(=O)O)c(C)c1. The first-order valence-corrected chi connectivity index (χ1v) is 12.0. The Morgan fingerprint density at radius 1 is 0.941 bits per heavy atom. The van der Waals surface area contributed by atoms with Gasteiger partial charge in [-0.1, -0.05) is 54.1 Å². The first kappa shape index (κ1) is 24.9. The van der Waals surface area contributed by atoms with E-state index in [1.165, 1.54) is 0 Å². The van der Waals surface area contributed by atoms with Crippen molar-refractivity contribution >= 4 is 27.7 Å². The molecule has 178 valence electrons. The van der Waals surface area contributed by atoms with Gasteiger partial charge >= 0.3 is 12.0 Å². The van der Waals surface area contributed by atoms with Crippen molar-refractivity contribution < 1.29 is 23.1 Å². The molecule has 0 aliphatic carbocycles. The molecule has 0 spiro atoms. The summed E-state index contributed by atoms with van der Waals surface area (Å²) in [5.41, 5.74) is 10.1. The Morgan fingerprint density at radius 2 is 1.56 bits per heavy atom. The van der Waals surface area contributed by atoms with Gasteiger partial charge in [0.25, 0.3) is 0 Å². The van der Waals surface area contributed by atoms with Crippen LogP contribution in [0.3, 0.4) is 0 Å². The van der Waals surface area contributed by atoms with Gasteiger partial charge in [-0.05, 0) is 67.1 Å². The minimum atomic E-state index is -4.04. The van der Waals surface area contributed by atoms with E-state index in [0.29, 0.717) is 22.4 Å². The highest BCUT2D eigenvalue weighted by Gasteiger charge is 2.28. The van der Waals surface area contributed by atoms with Crippen molar-refractivity contribution in [2.75, 3.05) is 5.32 Å². The topological polar surface area (TPSA) is 139 Å². The van der Waals surface area contributed by atoms with Gasteiger partial charge in [0.1, 0.15) is 6.04 Å². The van der Waals surface area contributed by atoms with Crippen LogP contribution in [0, 0.1) is 20.8 Å². The molecule has 3 aromatic carbocycles. The molecule has 0 aromatic heterocycles. The molecule has 2 amide bonds. The molecule has 0 aliphatic heterocycles. The molecule has 0 unspecified atom stereocenters. The molecule has 1 atom stereocenters. The number of hydrogen-bond donors (Lipinski definition) is 4. The van der Waals surface area contributed by atoms with Crippen LogP contribution in [0.4, 0.5) is 10.5 Å². The third kappa shape index (κ3) is 6.00. The average Bonchev–Trinajstić information content (AvgIpc) is 2.72. The van der Waals surface area contributed by atoms with Crippen molar-refractivity contribution in [3.05, 3.63) is 82.9 Å². The third-order valence-electron chi connectivity index (χ3n) is 5.33. The van der Waals surface area contributed by atoms with E-state index in [1.54, 1.807) is 68.4 Å². The number of rotatable bonds is 8. The van der Waals surface area contributed by atoms with Gasteiger partial charge in [0.05, 0.1) is 4.90 Å². The highest BCUT2D eigenvalue weighted by molar-refractivity contribution is 7.89. The Bertz CT molecular complexity index is 1310. The van der Waals surface area contributed by atoms with Crippen LogP contribution in [0.1, 0.15) is 22.3 Å². The molecule has 8 nitrogen and oxygen atoms in total. The van der Waals surface area contributed by atoms with E-state index in [1.807, 2.05) is 13.0 Å². The van der Waals surface area contributed by atoms with E-state index in [4.69, 9.17) is 5.73 Å². The van der Waals surface area contributed by atoms with Gasteiger partial charge in [0.2, 0.25) is 10.0 Å². The molecular formula is C25H27N3O5S. The van der Waals surface area contributed by atoms with Gasteiger partial charge in [-0.15, -0.1) is 0 Å². The molecule has 3 aromatic rings. The zero-order valence-corrected chi connectivity index (χ0v) is 19.9. The van der Waals surface area contributed by atoms with Crippen molar-refractivity contribution in [3.8, 4) is 11.1 Å². The standard InChI is InChI=1S/C25H27N3O5S/c1-15-11-16(2)23(17(3)12-15)34(32,33)28-22(24(29)30)13-18-7-9-19(10-8-18)20-5-4-6-21(14-20)27-25(26)31/h4-12,14,22,28H,13H2,1-3H3,(H,29,30)(H3,26,27,31)/t22-/m0/s1. The Hall–Kier alpha value is -3.69. The Morgan fingerprint density at radius 3 is 2.12 bits per heavy atom. The summed E-state index contributed by atoms with van der Waals surface area (Å²) < 4.78 is 28.4. The van der Waals surface area contributed by atoms with Crippen molar-refractivity contribution in [1.82, 2.24) is 4.72 Å². The van der Waals surface area contributed by atoms with E-state index >= 15 is 0 Å². The fourth-order valence-corrected chi connectivity index (χ4v) is 5.65. The second-order valence-electron chi connectivity index (χ2n) is 8.21. The van der Waals surface area contributed by atoms with Gasteiger partial charge in [-0.25, -0.2) is 13.2 Å². The van der Waals surface area contributed by atoms with Crippen molar-refractivity contribution in [1.29, 1.82) is 0 Å². The maximum Gasteiger partial charge on any atom is 0.322 e. The van der Waals surface area contributed by atoms with Gasteiger partial charge < -0.3 is 16.2 Å². The van der Waals surface area contributed by atoms with Crippen molar-refractivity contribution in [3.63, 3.8) is 0 Å². The summed E-state index contributed by atoms with van der Waals surface area (Å²) in [4.78, 5) is 23.1. The summed E-state index contributed by atoms with van der Waals surface area (Å²) in [6.45, 7) is 5.26. The largest absolute Gasteiger partial charge is 0.480 e. The van der Waals surface area contributed by atoms with Crippen LogP contribution in [0.25, 0.3) is 11.1 Å². The molecule has 5 N–H and O–H groups in total. The highest BCUT2D eigenvalue weighted by atomic mass is 32.2. The van der Waals surface area contributed by atoms with Gasteiger partial charge in [-0.2, -0.15) is 4.72 Å². The molecule has 0 fully saturated rings. The predicted molar refractivity (Wildman–Crippen MR) is 131 cm³/mol. The molecular weight excluding hydrogens is 454 g/mol. The van der Waals surface area contributed by atoms with Crippen LogP contribution in [0.2, 0.25) is 0 Å². The number of nitrogens with two attached hydrogens (primary N) is 1. The zero-order valence-electron chi connectivity index (χ0n) is 19.1. The molecule has 0 aliphatic rings. The molecule has 0 saturated carbocycles. The summed E-state index contributed by atoms with van der Waals surface area (Å²) in [6.07, 6.45) is -0.0257. The van der Waals surface area contributed by atoms with E-state index < -0.39 is 28.1 Å². The number of sulfonamides is 1. The highest BCUT2D eigenvalue weighted by Crippen LogP contribution is 2.25. The van der Waals surface area contributed by atoms with E-state index in [2.05, 4.69) is 10.0 Å². The van der Waals surface area contributed by atoms with Crippen LogP contribution in [0.5, 0.6) is 0 Å². The summed E-state index contributed by atoms with van der Waals surface area (Å²) in [7, 11) is -4.04. The number of aliphatic carboxylic acids is 1. The molecule has 9 heteroatoms. The number of carboxylic acids is 1. The first-order chi connectivity index (χ1) is 16.0. The minimum Gasteiger partial charge on any atom is -0.480 e. The third-order valence-corrected chi connectivity index (χ3v) is 7.10. The number of nitrogens with one attached hydrogen (secondary N) is 2. The molecule has 0 saturated heterocycles. The minimum absolute atomic E-state index is 0.0257. The number of anilines is 1. The van der Waals surface area contributed by atoms with Crippen LogP contribution >= 0.6 is 0 Å². The lowest BCUT2D eigenvalue weighted by atomic mass is 10.0. The zero-order chi connectivity index (χ0) is 25.0. The van der Waals surface area contributed by atoms with E-state index in [9.17, 15) is 23.1 Å². The lowest BCUT2D eigenvalue weighted by molar-refractivity contribution is -0.138. The fraction of sp³-hybridized carbons (Fsp3) is 0.200. The summed E-state index contributed by atoms with van der Waals surface area (Å²) in [6, 6.07) is 15.7. The van der Waals surface area contributed by atoms with Crippen LogP contribution in [-0.2, 0) is 21.2 Å². The van der Waals surface area contributed by atoms with Gasteiger partial charge in [0.15, 0.2) is 0 Å². The monoisotopic (exact) mass is 481 g/mol. The van der Waals surface area contributed by atoms with Crippen LogP contribution < -0.4 is 15.8 Å². The summed E-state index contributed by atoms with van der Waals surface area (Å²) in [5, 5.41) is 12.2. The number of primary amides is 1. The van der Waals surface area contributed by atoms with Crippen LogP contribution in [0.15, 0.2) is 65.6 Å². The number of carbonyl (C=O) groups is 2. The second-order valence-corrected chi connectivity index (χ2v) is 9.86. The number of carbonyl (C=O) groups excluding carboxylic acids is 1. The molecule has 0 bridgehead atoms. The molecule has 0 radical (unpaired) electrons. The average molecular weight is 482 g/mol. The summed E-state index contributed by atoms with van der Waals surface area (Å²) in [5.74, 6) is -1.26. The Balaban J connectivity index is 1.81. The quantitative estimate of drug-likeness (QED) is 0.388. The molecule has 34 heavy (non-hydrogen) atoms. The van der Waals surface area contributed by atoms with Crippen molar-refractivity contribution in [2.24, 2.45) is 5.73 Å².